The lowest BCUT2D eigenvalue weighted by Crippen LogP contribution is -2.46. The normalized spacial score (nSPS) is 17.6. The first-order chi connectivity index (χ1) is 14.1. The number of nitrogens with zero attached hydrogens (tertiary/aromatic N) is 1. The van der Waals surface area contributed by atoms with Gasteiger partial charge in [0.2, 0.25) is 0 Å². The zero-order valence-corrected chi connectivity index (χ0v) is 17.9. The summed E-state index contributed by atoms with van der Waals surface area (Å²) in [4.78, 5) is 12.0. The maximum atomic E-state index is 12.9. The molecule has 3 rings (SSSR count). The fourth-order valence-corrected chi connectivity index (χ4v) is 6.21. The van der Waals surface area contributed by atoms with Crippen molar-refractivity contribution in [3.8, 4) is 5.75 Å². The van der Waals surface area contributed by atoms with E-state index in [1.54, 1.807) is 21.8 Å². The molecule has 1 aromatic carbocycles. The van der Waals surface area contributed by atoms with Crippen molar-refractivity contribution in [2.45, 2.75) is 35.9 Å². The van der Waals surface area contributed by atoms with E-state index >= 15 is 0 Å². The van der Waals surface area contributed by atoms with Gasteiger partial charge in [-0.15, -0.1) is 11.3 Å². The fraction of sp³-hybridized carbons (Fsp3) is 0.450. The van der Waals surface area contributed by atoms with E-state index in [1.807, 2.05) is 30.3 Å². The smallest absolute Gasteiger partial charge is 0.314 e. The lowest BCUT2D eigenvalue weighted by molar-refractivity contribution is 0.226. The molecule has 29 heavy (non-hydrogen) atoms. The number of rotatable bonds is 9. The molecule has 0 unspecified atom stereocenters. The number of urea groups is 1. The second kappa shape index (κ2) is 10.6. The van der Waals surface area contributed by atoms with Gasteiger partial charge in [0.1, 0.15) is 16.6 Å². The Morgan fingerprint density at radius 1 is 1.10 bits per heavy atom. The van der Waals surface area contributed by atoms with Gasteiger partial charge in [-0.3, -0.25) is 0 Å². The quantitative estimate of drug-likeness (QED) is 0.590. The van der Waals surface area contributed by atoms with Crippen LogP contribution < -0.4 is 15.4 Å². The molecule has 1 atom stereocenters. The lowest BCUT2D eigenvalue weighted by Gasteiger charge is -2.34. The van der Waals surface area contributed by atoms with Crippen LogP contribution in [0.5, 0.6) is 5.75 Å². The first-order valence-corrected chi connectivity index (χ1v) is 12.1. The molecule has 1 aliphatic rings. The zero-order chi connectivity index (χ0) is 20.5. The molecule has 0 radical (unpaired) electrons. The second-order valence-electron chi connectivity index (χ2n) is 6.83. The Bertz CT molecular complexity index is 857. The summed E-state index contributed by atoms with van der Waals surface area (Å²) in [6, 6.07) is 12.5. The summed E-state index contributed by atoms with van der Waals surface area (Å²) in [6.45, 7) is 1.73. The molecule has 1 saturated heterocycles. The van der Waals surface area contributed by atoms with E-state index in [1.165, 1.54) is 11.3 Å². The van der Waals surface area contributed by atoms with Crippen molar-refractivity contribution in [3.05, 3.63) is 47.8 Å². The van der Waals surface area contributed by atoms with Gasteiger partial charge < -0.3 is 15.4 Å². The first-order valence-electron chi connectivity index (χ1n) is 9.82. The number of ether oxygens (including phenoxy) is 1. The van der Waals surface area contributed by atoms with Crippen molar-refractivity contribution in [2.24, 2.45) is 0 Å². The number of hydrogen-bond donors (Lipinski definition) is 2. The molecule has 0 aliphatic carbocycles. The van der Waals surface area contributed by atoms with E-state index in [2.05, 4.69) is 10.6 Å². The molecule has 0 saturated carbocycles. The van der Waals surface area contributed by atoms with E-state index in [0.717, 1.165) is 25.0 Å². The molecule has 2 N–H and O–H groups in total. The van der Waals surface area contributed by atoms with Crippen molar-refractivity contribution >= 4 is 27.4 Å². The van der Waals surface area contributed by atoms with Gasteiger partial charge in [0.05, 0.1) is 6.54 Å². The minimum absolute atomic E-state index is 0.0856. The number of piperidine rings is 1. The Labute approximate surface area is 176 Å². The van der Waals surface area contributed by atoms with E-state index in [9.17, 15) is 13.2 Å². The summed E-state index contributed by atoms with van der Waals surface area (Å²) >= 11 is 1.24. The van der Waals surface area contributed by atoms with Crippen LogP contribution in [0.4, 0.5) is 4.79 Å². The van der Waals surface area contributed by atoms with Gasteiger partial charge in [-0.25, -0.2) is 13.2 Å². The minimum Gasteiger partial charge on any atom is -0.492 e. The molecular formula is C20H27N3O4S2. The molecule has 1 fully saturated rings. The summed E-state index contributed by atoms with van der Waals surface area (Å²) < 4.78 is 33.3. The maximum Gasteiger partial charge on any atom is 0.314 e. The van der Waals surface area contributed by atoms with Crippen LogP contribution >= 0.6 is 11.3 Å². The predicted octanol–water partition coefficient (Wildman–Crippen LogP) is 3.06. The summed E-state index contributed by atoms with van der Waals surface area (Å²) in [5, 5.41) is 7.34. The monoisotopic (exact) mass is 437 g/mol. The van der Waals surface area contributed by atoms with Crippen LogP contribution in [0, 0.1) is 0 Å². The molecule has 1 aromatic heterocycles. The highest BCUT2D eigenvalue weighted by atomic mass is 32.2. The average Bonchev–Trinajstić information content (AvgIpc) is 3.28. The van der Waals surface area contributed by atoms with Crippen molar-refractivity contribution in [1.82, 2.24) is 14.9 Å². The van der Waals surface area contributed by atoms with Crippen LogP contribution in [0.2, 0.25) is 0 Å². The number of amides is 2. The molecule has 158 valence electrons. The zero-order valence-electron chi connectivity index (χ0n) is 16.2. The molecule has 2 heterocycles. The largest absolute Gasteiger partial charge is 0.492 e. The topological polar surface area (TPSA) is 87.7 Å². The Hall–Kier alpha value is -2.10. The van der Waals surface area contributed by atoms with Gasteiger partial charge >= 0.3 is 6.03 Å². The van der Waals surface area contributed by atoms with Gasteiger partial charge in [-0.1, -0.05) is 30.7 Å². The SMILES string of the molecule is O=C(NCCOc1ccccc1)NCC[C@H]1CCCCN1S(=O)(=O)c1cccs1. The minimum atomic E-state index is -3.46. The standard InChI is InChI=1S/C20H27N3O4S2/c24-20(22-13-15-27-18-8-2-1-3-9-18)21-12-11-17-7-4-5-14-23(17)29(25,26)19-10-6-16-28-19/h1-3,6,8-10,16-17H,4-5,7,11-15H2,(H2,21,22,24)/t17-/m1/s1. The van der Waals surface area contributed by atoms with Crippen molar-refractivity contribution in [3.63, 3.8) is 0 Å². The molecular weight excluding hydrogens is 410 g/mol. The highest BCUT2D eigenvalue weighted by molar-refractivity contribution is 7.91. The summed E-state index contributed by atoms with van der Waals surface area (Å²) in [7, 11) is -3.46. The number of carbonyl (C=O) groups excluding carboxylic acids is 1. The molecule has 2 aromatic rings. The van der Waals surface area contributed by atoms with Crippen molar-refractivity contribution in [2.75, 3.05) is 26.2 Å². The van der Waals surface area contributed by atoms with Crippen LogP contribution in [0.25, 0.3) is 0 Å². The van der Waals surface area contributed by atoms with Crippen molar-refractivity contribution < 1.29 is 17.9 Å². The lowest BCUT2D eigenvalue weighted by atomic mass is 10.0. The van der Waals surface area contributed by atoms with Gasteiger partial charge in [0.25, 0.3) is 10.0 Å². The Kier molecular flexibility index (Phi) is 7.91. The molecule has 1 aliphatic heterocycles. The summed E-state index contributed by atoms with van der Waals surface area (Å²) in [5.74, 6) is 0.763. The highest BCUT2D eigenvalue weighted by Gasteiger charge is 2.33. The van der Waals surface area contributed by atoms with Gasteiger partial charge in [-0.2, -0.15) is 4.31 Å². The number of hydrogen-bond acceptors (Lipinski definition) is 5. The highest BCUT2D eigenvalue weighted by Crippen LogP contribution is 2.28. The maximum absolute atomic E-state index is 12.9. The number of thiophene rings is 1. The van der Waals surface area contributed by atoms with Crippen LogP contribution in [-0.4, -0.2) is 51.0 Å². The van der Waals surface area contributed by atoms with Crippen LogP contribution in [0.1, 0.15) is 25.7 Å². The molecule has 9 heteroatoms. The average molecular weight is 438 g/mol. The summed E-state index contributed by atoms with van der Waals surface area (Å²) in [6.07, 6.45) is 3.29. The fourth-order valence-electron chi connectivity index (χ4n) is 3.37. The number of nitrogens with one attached hydrogen (secondary N) is 2. The third-order valence-corrected chi connectivity index (χ3v) is 8.12. The van der Waals surface area contributed by atoms with Crippen LogP contribution in [0.15, 0.2) is 52.1 Å². The third-order valence-electron chi connectivity index (χ3n) is 4.79. The number of para-hydroxylation sites is 1. The number of sulfonamides is 1. The number of benzene rings is 1. The third kappa shape index (κ3) is 6.19. The summed E-state index contributed by atoms with van der Waals surface area (Å²) in [5.41, 5.74) is 0. The van der Waals surface area contributed by atoms with E-state index in [4.69, 9.17) is 4.74 Å². The molecule has 0 spiro atoms. The van der Waals surface area contributed by atoms with E-state index < -0.39 is 10.0 Å². The second-order valence-corrected chi connectivity index (χ2v) is 9.90. The molecule has 0 bridgehead atoms. The van der Waals surface area contributed by atoms with Gasteiger partial charge in [0.15, 0.2) is 0 Å². The Morgan fingerprint density at radius 3 is 2.66 bits per heavy atom. The van der Waals surface area contributed by atoms with E-state index in [0.29, 0.717) is 36.9 Å². The van der Waals surface area contributed by atoms with Gasteiger partial charge in [0, 0.05) is 19.1 Å². The Balaban J connectivity index is 1.39. The molecule has 7 nitrogen and oxygen atoms in total. The van der Waals surface area contributed by atoms with Gasteiger partial charge in [-0.05, 0) is 42.8 Å². The van der Waals surface area contributed by atoms with Crippen LogP contribution in [-0.2, 0) is 10.0 Å². The van der Waals surface area contributed by atoms with E-state index in [-0.39, 0.29) is 12.1 Å². The Morgan fingerprint density at radius 2 is 1.90 bits per heavy atom. The predicted molar refractivity (Wildman–Crippen MR) is 114 cm³/mol. The van der Waals surface area contributed by atoms with Crippen LogP contribution in [0.3, 0.4) is 0 Å². The first kappa shape index (κ1) is 21.6. The molecule has 2 amide bonds. The number of carbonyl (C=O) groups is 1. The van der Waals surface area contributed by atoms with Crippen molar-refractivity contribution in [1.29, 1.82) is 0 Å².